The fourth-order valence-corrected chi connectivity index (χ4v) is 4.71. The molecule has 1 aromatic heterocycles. The summed E-state index contributed by atoms with van der Waals surface area (Å²) in [6, 6.07) is 29.1. The average molecular weight is 486 g/mol. The van der Waals surface area contributed by atoms with Gasteiger partial charge in [-0.05, 0) is 29.3 Å². The molecule has 3 N–H and O–H groups in total. The summed E-state index contributed by atoms with van der Waals surface area (Å²) in [6.45, 7) is 4.34. The molecular formula is C27H28ClN7. The van der Waals surface area contributed by atoms with E-state index in [0.29, 0.717) is 23.3 Å². The summed E-state index contributed by atoms with van der Waals surface area (Å²) < 4.78 is 0. The Bertz CT molecular complexity index is 1210. The molecule has 8 heteroatoms. The van der Waals surface area contributed by atoms with Crippen LogP contribution in [0.5, 0.6) is 0 Å². The van der Waals surface area contributed by atoms with E-state index in [1.54, 1.807) is 0 Å². The van der Waals surface area contributed by atoms with E-state index in [0.717, 1.165) is 31.9 Å². The van der Waals surface area contributed by atoms with E-state index in [-0.39, 0.29) is 12.0 Å². The lowest BCUT2D eigenvalue weighted by molar-refractivity contribution is 0.103. The predicted octanol–water partition coefficient (Wildman–Crippen LogP) is 4.76. The smallest absolute Gasteiger partial charge is 0.232 e. The van der Waals surface area contributed by atoms with Crippen molar-refractivity contribution in [2.75, 3.05) is 37.2 Å². The molecule has 5 rings (SSSR count). The van der Waals surface area contributed by atoms with Gasteiger partial charge in [-0.25, -0.2) is 0 Å². The van der Waals surface area contributed by atoms with E-state index in [4.69, 9.17) is 17.3 Å². The number of rotatable bonds is 7. The van der Waals surface area contributed by atoms with Crippen molar-refractivity contribution in [1.29, 1.82) is 0 Å². The highest BCUT2D eigenvalue weighted by atomic mass is 35.5. The Morgan fingerprint density at radius 2 is 1.46 bits per heavy atom. The molecule has 0 saturated carbocycles. The van der Waals surface area contributed by atoms with Crippen LogP contribution in [0.2, 0.25) is 5.02 Å². The molecule has 0 spiro atoms. The number of nitrogens with one attached hydrogen (secondary N) is 1. The van der Waals surface area contributed by atoms with Gasteiger partial charge in [-0.3, -0.25) is 9.80 Å². The highest BCUT2D eigenvalue weighted by Crippen LogP contribution is 2.29. The van der Waals surface area contributed by atoms with Crippen molar-refractivity contribution >= 4 is 29.2 Å². The zero-order valence-electron chi connectivity index (χ0n) is 19.4. The molecule has 0 aliphatic carbocycles. The third-order valence-electron chi connectivity index (χ3n) is 6.15. The van der Waals surface area contributed by atoms with Gasteiger partial charge >= 0.3 is 0 Å². The van der Waals surface area contributed by atoms with Crippen LogP contribution in [0.1, 0.15) is 23.0 Å². The molecule has 0 bridgehead atoms. The number of hydrogen-bond acceptors (Lipinski definition) is 7. The SMILES string of the molecule is Nc1nc(CN2CCN(C(c3ccccc3)c3ccccc3)CC2)nc(Nc2cccc(Cl)c2)n1. The summed E-state index contributed by atoms with van der Waals surface area (Å²) in [7, 11) is 0. The number of benzene rings is 3. The monoisotopic (exact) mass is 485 g/mol. The van der Waals surface area contributed by atoms with Gasteiger partial charge in [0.25, 0.3) is 0 Å². The topological polar surface area (TPSA) is 83.2 Å². The number of anilines is 3. The molecule has 1 saturated heterocycles. The molecule has 1 fully saturated rings. The summed E-state index contributed by atoms with van der Waals surface area (Å²) >= 11 is 6.09. The molecule has 0 unspecified atom stereocenters. The predicted molar refractivity (Wildman–Crippen MR) is 141 cm³/mol. The zero-order chi connectivity index (χ0) is 24.0. The van der Waals surface area contributed by atoms with Crippen molar-refractivity contribution in [3.05, 3.63) is 107 Å². The Labute approximate surface area is 210 Å². The van der Waals surface area contributed by atoms with Gasteiger partial charge < -0.3 is 11.1 Å². The van der Waals surface area contributed by atoms with Gasteiger partial charge in [-0.15, -0.1) is 0 Å². The maximum Gasteiger partial charge on any atom is 0.232 e. The number of piperazine rings is 1. The summed E-state index contributed by atoms with van der Waals surface area (Å²) in [5, 5.41) is 3.81. The van der Waals surface area contributed by atoms with Gasteiger partial charge in [0.05, 0.1) is 12.6 Å². The molecule has 0 atom stereocenters. The van der Waals surface area contributed by atoms with E-state index < -0.39 is 0 Å². The van der Waals surface area contributed by atoms with E-state index >= 15 is 0 Å². The first kappa shape index (κ1) is 23.2. The molecular weight excluding hydrogens is 458 g/mol. The number of aromatic nitrogens is 3. The molecule has 2 heterocycles. The van der Waals surface area contributed by atoms with Crippen molar-refractivity contribution in [2.24, 2.45) is 0 Å². The van der Waals surface area contributed by atoms with Crippen LogP contribution in [0.15, 0.2) is 84.9 Å². The Balaban J connectivity index is 1.26. The minimum atomic E-state index is 0.200. The molecule has 0 amide bonds. The average Bonchev–Trinajstić information content (AvgIpc) is 2.86. The minimum absolute atomic E-state index is 0.200. The Morgan fingerprint density at radius 3 is 2.09 bits per heavy atom. The van der Waals surface area contributed by atoms with Crippen LogP contribution in [0.25, 0.3) is 0 Å². The number of halogens is 1. The van der Waals surface area contributed by atoms with Crippen LogP contribution < -0.4 is 11.1 Å². The number of hydrogen-bond donors (Lipinski definition) is 2. The largest absolute Gasteiger partial charge is 0.368 e. The second-order valence-electron chi connectivity index (χ2n) is 8.60. The van der Waals surface area contributed by atoms with Crippen molar-refractivity contribution in [1.82, 2.24) is 24.8 Å². The van der Waals surface area contributed by atoms with Crippen molar-refractivity contribution in [2.45, 2.75) is 12.6 Å². The molecule has 4 aromatic rings. The quantitative estimate of drug-likeness (QED) is 0.390. The van der Waals surface area contributed by atoms with Crippen molar-refractivity contribution < 1.29 is 0 Å². The first-order valence-electron chi connectivity index (χ1n) is 11.7. The fourth-order valence-electron chi connectivity index (χ4n) is 4.52. The Hall–Kier alpha value is -3.52. The summed E-state index contributed by atoms with van der Waals surface area (Å²) in [6.07, 6.45) is 0. The molecule has 7 nitrogen and oxygen atoms in total. The highest BCUT2D eigenvalue weighted by Gasteiger charge is 2.26. The number of nitrogens with two attached hydrogens (primary N) is 1. The Morgan fingerprint density at radius 1 is 0.800 bits per heavy atom. The first-order valence-corrected chi connectivity index (χ1v) is 12.1. The van der Waals surface area contributed by atoms with E-state index in [1.807, 2.05) is 24.3 Å². The number of nitrogen functional groups attached to an aromatic ring is 1. The molecule has 178 valence electrons. The molecule has 1 aliphatic heterocycles. The van der Waals surface area contributed by atoms with Gasteiger partial charge in [0.1, 0.15) is 5.82 Å². The summed E-state index contributed by atoms with van der Waals surface area (Å²) in [4.78, 5) is 18.1. The maximum atomic E-state index is 6.09. The molecule has 35 heavy (non-hydrogen) atoms. The van der Waals surface area contributed by atoms with E-state index in [2.05, 4.69) is 90.7 Å². The maximum absolute atomic E-state index is 6.09. The summed E-state index contributed by atoms with van der Waals surface area (Å²) in [5.41, 5.74) is 9.41. The summed E-state index contributed by atoms with van der Waals surface area (Å²) in [5.74, 6) is 1.27. The number of nitrogens with zero attached hydrogens (tertiary/aromatic N) is 5. The van der Waals surface area contributed by atoms with Crippen molar-refractivity contribution in [3.8, 4) is 0 Å². The lowest BCUT2D eigenvalue weighted by atomic mass is 9.96. The first-order chi connectivity index (χ1) is 17.1. The van der Waals surface area contributed by atoms with Crippen LogP contribution >= 0.6 is 11.6 Å². The molecule has 1 aliphatic rings. The minimum Gasteiger partial charge on any atom is -0.368 e. The van der Waals surface area contributed by atoms with Gasteiger partial charge in [0, 0.05) is 36.9 Å². The lowest BCUT2D eigenvalue weighted by Crippen LogP contribution is -2.47. The standard InChI is InChI=1S/C27H28ClN7/c28-22-12-7-13-23(18-22)30-27-32-24(31-26(29)33-27)19-34-14-16-35(17-15-34)25(20-8-3-1-4-9-20)21-10-5-2-6-11-21/h1-13,18,25H,14-17,19H2,(H3,29,30,31,32,33). The molecule has 3 aromatic carbocycles. The second kappa shape index (κ2) is 10.8. The van der Waals surface area contributed by atoms with Gasteiger partial charge in [-0.1, -0.05) is 78.3 Å². The van der Waals surface area contributed by atoms with Crippen LogP contribution in [0.3, 0.4) is 0 Å². The highest BCUT2D eigenvalue weighted by molar-refractivity contribution is 6.30. The van der Waals surface area contributed by atoms with Crippen molar-refractivity contribution in [3.63, 3.8) is 0 Å². The third kappa shape index (κ3) is 5.95. The van der Waals surface area contributed by atoms with E-state index in [1.165, 1.54) is 11.1 Å². The zero-order valence-corrected chi connectivity index (χ0v) is 20.1. The van der Waals surface area contributed by atoms with Gasteiger partial charge in [-0.2, -0.15) is 15.0 Å². The second-order valence-corrected chi connectivity index (χ2v) is 9.04. The van der Waals surface area contributed by atoms with Crippen LogP contribution in [-0.2, 0) is 6.54 Å². The third-order valence-corrected chi connectivity index (χ3v) is 6.38. The van der Waals surface area contributed by atoms with Gasteiger partial charge in [0.2, 0.25) is 11.9 Å². The lowest BCUT2D eigenvalue weighted by Gasteiger charge is -2.39. The van der Waals surface area contributed by atoms with Crippen LogP contribution in [0, 0.1) is 0 Å². The Kier molecular flexibility index (Phi) is 7.18. The normalized spacial score (nSPS) is 14.8. The van der Waals surface area contributed by atoms with Gasteiger partial charge in [0.15, 0.2) is 0 Å². The van der Waals surface area contributed by atoms with E-state index in [9.17, 15) is 0 Å². The van der Waals surface area contributed by atoms with Crippen LogP contribution in [-0.4, -0.2) is 50.9 Å². The molecule has 0 radical (unpaired) electrons. The fraction of sp³-hybridized carbons (Fsp3) is 0.222. The van der Waals surface area contributed by atoms with Crippen LogP contribution in [0.4, 0.5) is 17.6 Å².